The summed E-state index contributed by atoms with van der Waals surface area (Å²) < 4.78 is 22.8. The van der Waals surface area contributed by atoms with Crippen molar-refractivity contribution < 1.29 is 13.3 Å². The predicted octanol–water partition coefficient (Wildman–Crippen LogP) is -0.506. The van der Waals surface area contributed by atoms with Crippen molar-refractivity contribution in [3.63, 3.8) is 0 Å². The Morgan fingerprint density at radius 3 is 1.08 bits per heavy atom. The van der Waals surface area contributed by atoms with Gasteiger partial charge in [0.15, 0.2) is 0 Å². The zero-order chi connectivity index (χ0) is 10.6. The Hall–Kier alpha value is 0.990. The van der Waals surface area contributed by atoms with Crippen molar-refractivity contribution in [1.82, 2.24) is 0 Å². The van der Waals surface area contributed by atoms with Crippen molar-refractivity contribution >= 4 is 40.9 Å². The summed E-state index contributed by atoms with van der Waals surface area (Å²) in [6.45, 7) is 7.69. The monoisotopic (exact) mass is 222 g/mol. The standard InChI is InChI=1S/C6H16N2.Na.H2O3S.H/c1-5(2,7)6(3,4)8;;1-4(2)3;/h7-8H2,1-4H3;;(H2,1,2,3);. The van der Waals surface area contributed by atoms with E-state index < -0.39 is 11.4 Å². The Kier molecular flexibility index (Phi) is 11.0. The molecule has 0 heterocycles. The van der Waals surface area contributed by atoms with E-state index in [0.29, 0.717) is 0 Å². The molecular weight excluding hydrogens is 203 g/mol. The van der Waals surface area contributed by atoms with Crippen LogP contribution in [-0.2, 0) is 11.4 Å². The van der Waals surface area contributed by atoms with E-state index in [1.165, 1.54) is 0 Å². The second-order valence-electron chi connectivity index (χ2n) is 3.67. The van der Waals surface area contributed by atoms with Gasteiger partial charge in [-0.25, -0.2) is 0 Å². The summed E-state index contributed by atoms with van der Waals surface area (Å²) >= 11 is -2.61. The van der Waals surface area contributed by atoms with Gasteiger partial charge in [0, 0.05) is 11.1 Å². The van der Waals surface area contributed by atoms with E-state index in [-0.39, 0.29) is 40.6 Å². The van der Waals surface area contributed by atoms with Crippen LogP contribution in [0.25, 0.3) is 0 Å². The Labute approximate surface area is 104 Å². The second kappa shape index (κ2) is 7.30. The molecule has 5 nitrogen and oxygen atoms in total. The van der Waals surface area contributed by atoms with Crippen LogP contribution in [0.4, 0.5) is 0 Å². The van der Waals surface area contributed by atoms with E-state index in [1.807, 2.05) is 27.7 Å². The number of hydrogen-bond acceptors (Lipinski definition) is 3. The summed E-state index contributed by atoms with van der Waals surface area (Å²) in [4.78, 5) is 0. The molecule has 0 aromatic rings. The summed E-state index contributed by atoms with van der Waals surface area (Å²) in [5.74, 6) is 0. The molecule has 7 heteroatoms. The molecule has 0 bridgehead atoms. The predicted molar refractivity (Wildman–Crippen MR) is 57.1 cm³/mol. The Bertz CT molecular complexity index is 137. The zero-order valence-electron chi connectivity index (χ0n) is 7.87. The minimum absolute atomic E-state index is 0. The molecule has 0 aliphatic carbocycles. The molecule has 13 heavy (non-hydrogen) atoms. The first-order chi connectivity index (χ1) is 4.98. The van der Waals surface area contributed by atoms with E-state index >= 15 is 0 Å². The van der Waals surface area contributed by atoms with E-state index in [1.54, 1.807) is 0 Å². The second-order valence-corrected chi connectivity index (χ2v) is 4.14. The van der Waals surface area contributed by atoms with Crippen LogP contribution in [0.15, 0.2) is 0 Å². The van der Waals surface area contributed by atoms with Gasteiger partial charge in [-0.1, -0.05) is 0 Å². The fourth-order valence-corrected chi connectivity index (χ4v) is 0. The zero-order valence-corrected chi connectivity index (χ0v) is 8.68. The van der Waals surface area contributed by atoms with Crippen molar-refractivity contribution in [3.05, 3.63) is 0 Å². The van der Waals surface area contributed by atoms with E-state index in [2.05, 4.69) is 0 Å². The average Bonchev–Trinajstić information content (AvgIpc) is 1.55. The van der Waals surface area contributed by atoms with Crippen molar-refractivity contribution in [1.29, 1.82) is 0 Å². The molecule has 0 aliphatic rings. The van der Waals surface area contributed by atoms with Gasteiger partial charge in [0.25, 0.3) is 11.4 Å². The Morgan fingerprint density at radius 1 is 1.00 bits per heavy atom. The third-order valence-electron chi connectivity index (χ3n) is 1.66. The first-order valence-electron chi connectivity index (χ1n) is 3.36. The van der Waals surface area contributed by atoms with E-state index in [9.17, 15) is 0 Å². The number of rotatable bonds is 1. The summed E-state index contributed by atoms with van der Waals surface area (Å²) in [5.41, 5.74) is 10.8. The molecule has 0 radical (unpaired) electrons. The van der Waals surface area contributed by atoms with Gasteiger partial charge in [-0.05, 0) is 27.7 Å². The SMILES string of the molecule is CC(C)(N)C(C)(C)N.O=S(O)O.[NaH]. The maximum atomic E-state index is 8.67. The van der Waals surface area contributed by atoms with Crippen LogP contribution in [0.5, 0.6) is 0 Å². The van der Waals surface area contributed by atoms with Crippen molar-refractivity contribution in [3.8, 4) is 0 Å². The average molecular weight is 222 g/mol. The third kappa shape index (κ3) is 15.7. The van der Waals surface area contributed by atoms with E-state index in [0.717, 1.165) is 0 Å². The molecule has 0 aromatic carbocycles. The Balaban J connectivity index is -0.000000173. The summed E-state index contributed by atoms with van der Waals surface area (Å²) in [6, 6.07) is 0. The van der Waals surface area contributed by atoms with Crippen LogP contribution in [-0.4, -0.2) is 53.9 Å². The van der Waals surface area contributed by atoms with Gasteiger partial charge in [-0.15, -0.1) is 0 Å². The van der Waals surface area contributed by atoms with Crippen molar-refractivity contribution in [2.45, 2.75) is 38.8 Å². The van der Waals surface area contributed by atoms with Gasteiger partial charge < -0.3 is 11.5 Å². The van der Waals surface area contributed by atoms with Gasteiger partial charge in [0.05, 0.1) is 0 Å². The van der Waals surface area contributed by atoms with Crippen LogP contribution >= 0.6 is 0 Å². The molecule has 6 N–H and O–H groups in total. The molecule has 78 valence electrons. The summed E-state index contributed by atoms with van der Waals surface area (Å²) in [7, 11) is 0. The van der Waals surface area contributed by atoms with Crippen LogP contribution in [0.2, 0.25) is 0 Å². The molecule has 0 fully saturated rings. The van der Waals surface area contributed by atoms with Gasteiger partial charge in [0.1, 0.15) is 0 Å². The molecule has 0 aromatic heterocycles. The summed E-state index contributed by atoms with van der Waals surface area (Å²) in [5, 5.41) is 0. The quantitative estimate of drug-likeness (QED) is 0.353. The normalized spacial score (nSPS) is 11.5. The molecule has 0 saturated heterocycles. The molecule has 0 rings (SSSR count). The molecule has 0 saturated carbocycles. The number of hydrogen-bond donors (Lipinski definition) is 4. The minimum atomic E-state index is -2.61. The molecule has 0 spiro atoms. The molecule has 0 unspecified atom stereocenters. The van der Waals surface area contributed by atoms with Crippen LogP contribution in [0.1, 0.15) is 27.7 Å². The van der Waals surface area contributed by atoms with Gasteiger partial charge >= 0.3 is 29.6 Å². The molecule has 0 atom stereocenters. The Morgan fingerprint density at radius 2 is 1.08 bits per heavy atom. The van der Waals surface area contributed by atoms with Gasteiger partial charge in [-0.2, -0.15) is 4.21 Å². The first kappa shape index (κ1) is 19.5. The van der Waals surface area contributed by atoms with Crippen molar-refractivity contribution in [2.24, 2.45) is 11.5 Å². The molecular formula is C6H19N2NaO3S. The number of nitrogens with two attached hydrogens (primary N) is 2. The van der Waals surface area contributed by atoms with Gasteiger partial charge in [-0.3, -0.25) is 9.11 Å². The maximum absolute atomic E-state index is 8.67. The molecule has 0 aliphatic heterocycles. The fourth-order valence-electron chi connectivity index (χ4n) is 0. The van der Waals surface area contributed by atoms with Gasteiger partial charge in [0.2, 0.25) is 0 Å². The van der Waals surface area contributed by atoms with Crippen LogP contribution < -0.4 is 11.5 Å². The van der Waals surface area contributed by atoms with Crippen molar-refractivity contribution in [2.75, 3.05) is 0 Å². The fraction of sp³-hybridized carbons (Fsp3) is 1.00. The summed E-state index contributed by atoms with van der Waals surface area (Å²) in [6.07, 6.45) is 0. The first-order valence-corrected chi connectivity index (χ1v) is 4.42. The van der Waals surface area contributed by atoms with Crippen LogP contribution in [0, 0.1) is 0 Å². The molecule has 0 amide bonds. The third-order valence-corrected chi connectivity index (χ3v) is 1.66. The topological polar surface area (TPSA) is 110 Å². The van der Waals surface area contributed by atoms with E-state index in [4.69, 9.17) is 24.8 Å². The van der Waals surface area contributed by atoms with Crippen LogP contribution in [0.3, 0.4) is 0 Å².